The second-order valence-corrected chi connectivity index (χ2v) is 4.81. The molecule has 4 heteroatoms. The van der Waals surface area contributed by atoms with Crippen molar-refractivity contribution >= 4 is 5.91 Å². The first kappa shape index (κ1) is 13.8. The third-order valence-corrected chi connectivity index (χ3v) is 2.56. The number of nitrogens with zero attached hydrogens (tertiary/aromatic N) is 1. The van der Waals surface area contributed by atoms with Gasteiger partial charge in [0.25, 0.3) is 0 Å². The molecular weight excluding hydrogens is 216 g/mol. The van der Waals surface area contributed by atoms with Gasteiger partial charge >= 0.3 is 0 Å². The lowest BCUT2D eigenvalue weighted by molar-refractivity contribution is -0.134. The Morgan fingerprint density at radius 3 is 2.47 bits per heavy atom. The molecule has 1 unspecified atom stereocenters. The molecule has 4 nitrogen and oxygen atoms in total. The zero-order valence-corrected chi connectivity index (χ0v) is 11.1. The number of hydrogen-bond donors (Lipinski definition) is 1. The summed E-state index contributed by atoms with van der Waals surface area (Å²) in [4.78, 5) is 13.8. The van der Waals surface area contributed by atoms with Gasteiger partial charge in [0.2, 0.25) is 5.91 Å². The maximum Gasteiger partial charge on any atom is 0.224 e. The minimum Gasteiger partial charge on any atom is -0.464 e. The molecule has 1 atom stereocenters. The molecule has 0 aliphatic heterocycles. The van der Waals surface area contributed by atoms with E-state index < -0.39 is 0 Å². The summed E-state index contributed by atoms with van der Waals surface area (Å²) >= 11 is 0. The zero-order valence-electron chi connectivity index (χ0n) is 11.1. The van der Waals surface area contributed by atoms with E-state index in [1.165, 1.54) is 0 Å². The van der Waals surface area contributed by atoms with E-state index in [1.54, 1.807) is 4.90 Å². The van der Waals surface area contributed by atoms with Gasteiger partial charge in [0.1, 0.15) is 11.5 Å². The van der Waals surface area contributed by atoms with Crippen molar-refractivity contribution in [1.82, 2.24) is 4.90 Å². The van der Waals surface area contributed by atoms with E-state index in [1.807, 2.05) is 39.8 Å². The highest BCUT2D eigenvalue weighted by Gasteiger charge is 2.19. The van der Waals surface area contributed by atoms with Crippen molar-refractivity contribution in [2.75, 3.05) is 0 Å². The molecule has 17 heavy (non-hydrogen) atoms. The number of rotatable bonds is 5. The van der Waals surface area contributed by atoms with Crippen molar-refractivity contribution < 1.29 is 9.21 Å². The van der Waals surface area contributed by atoms with Crippen LogP contribution in [0.5, 0.6) is 0 Å². The first-order valence-corrected chi connectivity index (χ1v) is 6.00. The summed E-state index contributed by atoms with van der Waals surface area (Å²) in [6, 6.07) is 3.85. The molecule has 0 radical (unpaired) electrons. The van der Waals surface area contributed by atoms with Crippen LogP contribution in [-0.2, 0) is 11.3 Å². The van der Waals surface area contributed by atoms with Gasteiger partial charge in [-0.15, -0.1) is 0 Å². The van der Waals surface area contributed by atoms with E-state index in [0.29, 0.717) is 13.0 Å². The third-order valence-electron chi connectivity index (χ3n) is 2.56. The molecule has 0 aliphatic carbocycles. The highest BCUT2D eigenvalue weighted by molar-refractivity contribution is 5.77. The van der Waals surface area contributed by atoms with Crippen LogP contribution >= 0.6 is 0 Å². The zero-order chi connectivity index (χ0) is 13.0. The Morgan fingerprint density at radius 2 is 2.06 bits per heavy atom. The van der Waals surface area contributed by atoms with Crippen LogP contribution in [0.25, 0.3) is 0 Å². The van der Waals surface area contributed by atoms with Gasteiger partial charge in [-0.2, -0.15) is 0 Å². The predicted octanol–water partition coefficient (Wildman–Crippen LogP) is 2.06. The van der Waals surface area contributed by atoms with Crippen LogP contribution in [-0.4, -0.2) is 22.9 Å². The quantitative estimate of drug-likeness (QED) is 0.854. The van der Waals surface area contributed by atoms with Crippen LogP contribution in [0.15, 0.2) is 16.5 Å². The van der Waals surface area contributed by atoms with Gasteiger partial charge in [0.15, 0.2) is 0 Å². The number of aryl methyl sites for hydroxylation is 1. The first-order valence-electron chi connectivity index (χ1n) is 6.00. The van der Waals surface area contributed by atoms with E-state index in [2.05, 4.69) is 0 Å². The Bertz CT molecular complexity index is 369. The molecule has 0 fully saturated rings. The number of nitrogens with two attached hydrogens (primary N) is 1. The predicted molar refractivity (Wildman–Crippen MR) is 67.4 cm³/mol. The molecule has 96 valence electrons. The monoisotopic (exact) mass is 238 g/mol. The summed E-state index contributed by atoms with van der Waals surface area (Å²) in [6.45, 7) is 8.24. The second-order valence-electron chi connectivity index (χ2n) is 4.81. The molecule has 0 saturated carbocycles. The third kappa shape index (κ3) is 4.23. The minimum absolute atomic E-state index is 0.0732. The van der Waals surface area contributed by atoms with Crippen LogP contribution in [0.3, 0.4) is 0 Å². The van der Waals surface area contributed by atoms with Crippen molar-refractivity contribution in [3.8, 4) is 0 Å². The molecule has 0 bridgehead atoms. The fourth-order valence-corrected chi connectivity index (χ4v) is 1.69. The van der Waals surface area contributed by atoms with Gasteiger partial charge in [-0.25, -0.2) is 0 Å². The van der Waals surface area contributed by atoms with Gasteiger partial charge in [-0.1, -0.05) is 0 Å². The first-order chi connectivity index (χ1) is 7.90. The van der Waals surface area contributed by atoms with Crippen LogP contribution in [0.1, 0.15) is 38.7 Å². The standard InChI is InChI=1S/C13H22N2O2/c1-9(2)15(13(16)7-10(3)14)8-12-6-5-11(4)17-12/h5-6,9-10H,7-8,14H2,1-4H3. The second kappa shape index (κ2) is 5.87. The van der Waals surface area contributed by atoms with Crippen LogP contribution in [0.4, 0.5) is 0 Å². The average Bonchev–Trinajstić information content (AvgIpc) is 2.58. The summed E-state index contributed by atoms with van der Waals surface area (Å²) in [5.74, 6) is 1.75. The fourth-order valence-electron chi connectivity index (χ4n) is 1.69. The van der Waals surface area contributed by atoms with Crippen LogP contribution in [0, 0.1) is 6.92 Å². The Morgan fingerprint density at radius 1 is 1.41 bits per heavy atom. The largest absolute Gasteiger partial charge is 0.464 e. The lowest BCUT2D eigenvalue weighted by Crippen LogP contribution is -2.38. The van der Waals surface area contributed by atoms with Crippen LogP contribution in [0.2, 0.25) is 0 Å². The molecule has 2 N–H and O–H groups in total. The number of hydrogen-bond acceptors (Lipinski definition) is 3. The summed E-state index contributed by atoms with van der Waals surface area (Å²) < 4.78 is 5.49. The molecule has 0 aromatic carbocycles. The lowest BCUT2D eigenvalue weighted by Gasteiger charge is -2.26. The minimum atomic E-state index is -0.109. The SMILES string of the molecule is Cc1ccc(CN(C(=O)CC(C)N)C(C)C)o1. The molecule has 1 amide bonds. The van der Waals surface area contributed by atoms with Gasteiger partial charge in [-0.3, -0.25) is 4.79 Å². The molecule has 1 aromatic rings. The Balaban J connectivity index is 2.69. The van der Waals surface area contributed by atoms with E-state index in [0.717, 1.165) is 11.5 Å². The van der Waals surface area contributed by atoms with E-state index >= 15 is 0 Å². The number of furan rings is 1. The number of carbonyl (C=O) groups excluding carboxylic acids is 1. The molecule has 0 aliphatic rings. The molecule has 1 rings (SSSR count). The Kier molecular flexibility index (Phi) is 4.75. The summed E-state index contributed by atoms with van der Waals surface area (Å²) in [6.07, 6.45) is 0.373. The average molecular weight is 238 g/mol. The van der Waals surface area contributed by atoms with E-state index in [9.17, 15) is 4.79 Å². The highest BCUT2D eigenvalue weighted by atomic mass is 16.3. The van der Waals surface area contributed by atoms with E-state index in [4.69, 9.17) is 10.2 Å². The van der Waals surface area contributed by atoms with E-state index in [-0.39, 0.29) is 18.0 Å². The number of amides is 1. The normalized spacial score (nSPS) is 12.8. The molecule has 1 heterocycles. The molecular formula is C13H22N2O2. The lowest BCUT2D eigenvalue weighted by atomic mass is 10.2. The summed E-state index contributed by atoms with van der Waals surface area (Å²) in [5.41, 5.74) is 5.66. The van der Waals surface area contributed by atoms with Crippen molar-refractivity contribution in [3.05, 3.63) is 23.7 Å². The highest BCUT2D eigenvalue weighted by Crippen LogP contribution is 2.13. The van der Waals surface area contributed by atoms with Crippen molar-refractivity contribution in [2.45, 2.75) is 52.7 Å². The topological polar surface area (TPSA) is 59.5 Å². The Hall–Kier alpha value is -1.29. The smallest absolute Gasteiger partial charge is 0.224 e. The van der Waals surface area contributed by atoms with Gasteiger partial charge < -0.3 is 15.1 Å². The van der Waals surface area contributed by atoms with Crippen molar-refractivity contribution in [3.63, 3.8) is 0 Å². The maximum absolute atomic E-state index is 12.0. The van der Waals surface area contributed by atoms with Gasteiger partial charge in [-0.05, 0) is 39.8 Å². The van der Waals surface area contributed by atoms with Gasteiger partial charge in [0, 0.05) is 18.5 Å². The summed E-state index contributed by atoms with van der Waals surface area (Å²) in [7, 11) is 0. The Labute approximate surface area is 103 Å². The molecule has 0 saturated heterocycles. The van der Waals surface area contributed by atoms with Crippen LogP contribution < -0.4 is 5.73 Å². The van der Waals surface area contributed by atoms with Gasteiger partial charge in [0.05, 0.1) is 6.54 Å². The molecule has 0 spiro atoms. The van der Waals surface area contributed by atoms with Crippen molar-refractivity contribution in [2.24, 2.45) is 5.73 Å². The maximum atomic E-state index is 12.0. The van der Waals surface area contributed by atoms with Crippen molar-refractivity contribution in [1.29, 1.82) is 0 Å². The molecule has 1 aromatic heterocycles. The fraction of sp³-hybridized carbons (Fsp3) is 0.615. The number of carbonyl (C=O) groups is 1. The summed E-state index contributed by atoms with van der Waals surface area (Å²) in [5, 5.41) is 0.